The Balaban J connectivity index is 2.52. The molecule has 0 aromatic carbocycles. The maximum atomic E-state index is 12.1. The third-order valence-electron chi connectivity index (χ3n) is 2.83. The van der Waals surface area contributed by atoms with Crippen molar-refractivity contribution in [2.24, 2.45) is 0 Å². The van der Waals surface area contributed by atoms with Crippen molar-refractivity contribution in [3.8, 4) is 6.07 Å². The first-order valence-corrected chi connectivity index (χ1v) is 7.28. The maximum Gasteiger partial charge on any atom is 0.239 e. The molecule has 0 saturated heterocycles. The van der Waals surface area contributed by atoms with Gasteiger partial charge >= 0.3 is 0 Å². The largest absolute Gasteiger partial charge is 0.343 e. The van der Waals surface area contributed by atoms with Crippen molar-refractivity contribution in [1.82, 2.24) is 10.2 Å². The molecule has 104 valence electrons. The molecule has 1 N–H and O–H groups in total. The molecular formula is C13H18ClN3OS. The second-order valence-electron chi connectivity index (χ2n) is 4.42. The van der Waals surface area contributed by atoms with Gasteiger partial charge in [-0.05, 0) is 26.0 Å². The van der Waals surface area contributed by atoms with Crippen LogP contribution in [0.1, 0.15) is 31.2 Å². The van der Waals surface area contributed by atoms with Crippen molar-refractivity contribution in [3.05, 3.63) is 21.3 Å². The van der Waals surface area contributed by atoms with E-state index in [4.69, 9.17) is 16.9 Å². The van der Waals surface area contributed by atoms with Crippen LogP contribution < -0.4 is 5.32 Å². The summed E-state index contributed by atoms with van der Waals surface area (Å²) in [6.07, 6.45) is 0.352. The lowest BCUT2D eigenvalue weighted by Gasteiger charge is -2.23. The highest BCUT2D eigenvalue weighted by atomic mass is 35.5. The number of nitrogens with one attached hydrogen (secondary N) is 1. The number of rotatable bonds is 6. The zero-order valence-corrected chi connectivity index (χ0v) is 12.9. The Morgan fingerprint density at radius 1 is 1.58 bits per heavy atom. The Kier molecular flexibility index (Phi) is 6.29. The first kappa shape index (κ1) is 16.0. The molecule has 0 aliphatic heterocycles. The highest BCUT2D eigenvalue weighted by Gasteiger charge is 2.20. The van der Waals surface area contributed by atoms with Crippen LogP contribution >= 0.6 is 22.9 Å². The van der Waals surface area contributed by atoms with Gasteiger partial charge in [-0.3, -0.25) is 10.1 Å². The minimum atomic E-state index is -0.292. The molecule has 0 aliphatic carbocycles. The van der Waals surface area contributed by atoms with E-state index in [1.807, 2.05) is 32.0 Å². The van der Waals surface area contributed by atoms with Crippen LogP contribution in [-0.4, -0.2) is 30.4 Å². The van der Waals surface area contributed by atoms with Crippen molar-refractivity contribution >= 4 is 28.8 Å². The summed E-state index contributed by atoms with van der Waals surface area (Å²) in [6.45, 7) is 4.29. The van der Waals surface area contributed by atoms with Crippen LogP contribution in [0.15, 0.2) is 12.1 Å². The standard InChI is InChI=1S/C13H18ClN3OS/c1-9(11-5-6-12(14)19-11)16-10(2)13(18)17(3)8-4-7-15/h5-6,9-10,16H,4,8H2,1-3H3/t9-,10+/m1/s1. The smallest absolute Gasteiger partial charge is 0.239 e. The van der Waals surface area contributed by atoms with E-state index in [-0.39, 0.29) is 18.0 Å². The van der Waals surface area contributed by atoms with Crippen LogP contribution in [0, 0.1) is 11.3 Å². The lowest BCUT2D eigenvalue weighted by molar-refractivity contribution is -0.131. The van der Waals surface area contributed by atoms with Gasteiger partial charge in [0.25, 0.3) is 0 Å². The van der Waals surface area contributed by atoms with Gasteiger partial charge in [0.1, 0.15) is 0 Å². The molecule has 0 spiro atoms. The zero-order chi connectivity index (χ0) is 14.4. The number of hydrogen-bond donors (Lipinski definition) is 1. The fourth-order valence-electron chi connectivity index (χ4n) is 1.75. The van der Waals surface area contributed by atoms with Crippen molar-refractivity contribution in [1.29, 1.82) is 5.26 Å². The maximum absolute atomic E-state index is 12.1. The van der Waals surface area contributed by atoms with Gasteiger partial charge in [0.05, 0.1) is 22.9 Å². The van der Waals surface area contributed by atoms with E-state index >= 15 is 0 Å². The Morgan fingerprint density at radius 3 is 2.79 bits per heavy atom. The SMILES string of the molecule is C[C@H](N[C@H](C)c1ccc(Cl)s1)C(=O)N(C)CCC#N. The molecule has 1 aromatic rings. The van der Waals surface area contributed by atoms with Crippen LogP contribution in [0.5, 0.6) is 0 Å². The van der Waals surface area contributed by atoms with E-state index in [1.54, 1.807) is 11.9 Å². The van der Waals surface area contributed by atoms with Crippen LogP contribution in [0.4, 0.5) is 0 Å². The molecule has 0 saturated carbocycles. The lowest BCUT2D eigenvalue weighted by Crippen LogP contribution is -2.44. The van der Waals surface area contributed by atoms with E-state index < -0.39 is 0 Å². The third kappa shape index (κ3) is 4.83. The number of carbonyl (C=O) groups is 1. The van der Waals surface area contributed by atoms with E-state index in [2.05, 4.69) is 5.32 Å². The fraction of sp³-hybridized carbons (Fsp3) is 0.538. The van der Waals surface area contributed by atoms with Gasteiger partial charge in [0, 0.05) is 24.5 Å². The van der Waals surface area contributed by atoms with Gasteiger partial charge in [0.15, 0.2) is 0 Å². The number of carbonyl (C=O) groups excluding carboxylic acids is 1. The second-order valence-corrected chi connectivity index (χ2v) is 6.17. The minimum Gasteiger partial charge on any atom is -0.343 e. The van der Waals surface area contributed by atoms with Crippen LogP contribution in [0.2, 0.25) is 4.34 Å². The normalized spacial score (nSPS) is 13.6. The van der Waals surface area contributed by atoms with Crippen molar-refractivity contribution in [2.45, 2.75) is 32.4 Å². The molecule has 1 heterocycles. The van der Waals surface area contributed by atoms with Gasteiger partial charge in [-0.25, -0.2) is 0 Å². The van der Waals surface area contributed by atoms with Crippen molar-refractivity contribution in [3.63, 3.8) is 0 Å². The van der Waals surface area contributed by atoms with Gasteiger partial charge in [-0.2, -0.15) is 5.26 Å². The minimum absolute atomic E-state index is 0.00949. The summed E-state index contributed by atoms with van der Waals surface area (Å²) in [5.41, 5.74) is 0. The van der Waals surface area contributed by atoms with Gasteiger partial charge in [-0.15, -0.1) is 11.3 Å². The van der Waals surface area contributed by atoms with Gasteiger partial charge in [-0.1, -0.05) is 11.6 Å². The Labute approximate surface area is 123 Å². The Morgan fingerprint density at radius 2 is 2.26 bits per heavy atom. The van der Waals surface area contributed by atoms with Gasteiger partial charge < -0.3 is 4.90 Å². The number of hydrogen-bond acceptors (Lipinski definition) is 4. The highest BCUT2D eigenvalue weighted by Crippen LogP contribution is 2.26. The van der Waals surface area contributed by atoms with E-state index in [0.717, 1.165) is 9.21 Å². The molecule has 4 nitrogen and oxygen atoms in total. The number of nitrogens with zero attached hydrogens (tertiary/aromatic N) is 2. The van der Waals surface area contributed by atoms with E-state index in [0.29, 0.717) is 13.0 Å². The fourth-order valence-corrected chi connectivity index (χ4v) is 2.82. The molecule has 19 heavy (non-hydrogen) atoms. The molecule has 2 atom stereocenters. The summed E-state index contributed by atoms with van der Waals surface area (Å²) in [6, 6.07) is 5.62. The average molecular weight is 300 g/mol. The molecule has 0 bridgehead atoms. The highest BCUT2D eigenvalue weighted by molar-refractivity contribution is 7.16. The molecule has 0 radical (unpaired) electrons. The Bertz CT molecular complexity index is 469. The summed E-state index contributed by atoms with van der Waals surface area (Å²) >= 11 is 7.40. The van der Waals surface area contributed by atoms with Crippen LogP contribution in [0.25, 0.3) is 0 Å². The van der Waals surface area contributed by atoms with Crippen LogP contribution in [-0.2, 0) is 4.79 Å². The van der Waals surface area contributed by atoms with E-state index in [9.17, 15) is 4.79 Å². The average Bonchev–Trinajstić information content (AvgIpc) is 2.81. The summed E-state index contributed by atoms with van der Waals surface area (Å²) in [5, 5.41) is 11.8. The molecule has 1 amide bonds. The monoisotopic (exact) mass is 299 g/mol. The van der Waals surface area contributed by atoms with E-state index in [1.165, 1.54) is 11.3 Å². The Hall–Kier alpha value is -1.09. The van der Waals surface area contributed by atoms with Crippen molar-refractivity contribution < 1.29 is 4.79 Å². The zero-order valence-electron chi connectivity index (χ0n) is 11.3. The first-order chi connectivity index (χ1) is 8.95. The molecule has 1 rings (SSSR count). The molecule has 6 heteroatoms. The topological polar surface area (TPSA) is 56.1 Å². The predicted molar refractivity (Wildman–Crippen MR) is 78.2 cm³/mol. The van der Waals surface area contributed by atoms with Crippen molar-refractivity contribution in [2.75, 3.05) is 13.6 Å². The summed E-state index contributed by atoms with van der Waals surface area (Å²) in [7, 11) is 1.71. The lowest BCUT2D eigenvalue weighted by atomic mass is 10.2. The second kappa shape index (κ2) is 7.49. The third-order valence-corrected chi connectivity index (χ3v) is 4.24. The summed E-state index contributed by atoms with van der Waals surface area (Å²) in [4.78, 5) is 14.7. The first-order valence-electron chi connectivity index (χ1n) is 6.09. The molecule has 0 aliphatic rings. The predicted octanol–water partition coefficient (Wildman–Crippen LogP) is 2.81. The summed E-state index contributed by atoms with van der Waals surface area (Å²) in [5.74, 6) is -0.00949. The molecule has 0 unspecified atom stereocenters. The number of likely N-dealkylation sites (N-methyl/N-ethyl adjacent to an activating group) is 1. The number of amides is 1. The quantitative estimate of drug-likeness (QED) is 0.879. The number of nitriles is 1. The molecule has 1 aromatic heterocycles. The van der Waals surface area contributed by atoms with Crippen LogP contribution in [0.3, 0.4) is 0 Å². The molecular weight excluding hydrogens is 282 g/mol. The number of halogens is 1. The number of thiophene rings is 1. The van der Waals surface area contributed by atoms with Gasteiger partial charge in [0.2, 0.25) is 5.91 Å². The molecule has 0 fully saturated rings. The summed E-state index contributed by atoms with van der Waals surface area (Å²) < 4.78 is 0.744.